The molecule has 0 atom stereocenters. The summed E-state index contributed by atoms with van der Waals surface area (Å²) in [5, 5.41) is 9.66. The molecule has 5 nitrogen and oxygen atoms in total. The number of H-pyrrole nitrogens is 1. The molecule has 6 heteroatoms. The van der Waals surface area contributed by atoms with E-state index in [2.05, 4.69) is 40.7 Å². The van der Waals surface area contributed by atoms with E-state index in [9.17, 15) is 9.18 Å². The number of esters is 1. The topological polar surface area (TPSA) is 59.9 Å². The zero-order chi connectivity index (χ0) is 22.9. The number of methoxy groups -OCH3 is 1. The van der Waals surface area contributed by atoms with Gasteiger partial charge >= 0.3 is 5.97 Å². The van der Waals surface area contributed by atoms with E-state index in [0.717, 1.165) is 47.8 Å². The summed E-state index contributed by atoms with van der Waals surface area (Å²) in [6.45, 7) is 4.46. The maximum atomic E-state index is 13.7. The molecule has 2 heterocycles. The Labute approximate surface area is 191 Å². The minimum Gasteiger partial charge on any atom is -0.469 e. The first-order valence-corrected chi connectivity index (χ1v) is 11.7. The Morgan fingerprint density at radius 3 is 2.58 bits per heavy atom. The van der Waals surface area contributed by atoms with Crippen molar-refractivity contribution in [3.05, 3.63) is 59.7 Å². The summed E-state index contributed by atoms with van der Waals surface area (Å²) < 4.78 is 21.0. The number of rotatable bonds is 4. The molecule has 4 aromatic rings. The van der Waals surface area contributed by atoms with Crippen LogP contribution >= 0.6 is 0 Å². The predicted molar refractivity (Wildman–Crippen MR) is 126 cm³/mol. The summed E-state index contributed by atoms with van der Waals surface area (Å²) in [7, 11) is 1.48. The third kappa shape index (κ3) is 3.03. The zero-order valence-corrected chi connectivity index (χ0v) is 19.2. The maximum Gasteiger partial charge on any atom is 0.308 e. The fraction of sp³-hybridized carbons (Fsp3) is 0.407. The molecule has 0 unspecified atom stereocenters. The summed E-state index contributed by atoms with van der Waals surface area (Å²) >= 11 is 0. The molecule has 0 aliphatic heterocycles. The van der Waals surface area contributed by atoms with Crippen LogP contribution in [-0.2, 0) is 9.53 Å². The molecule has 2 aliphatic rings. The van der Waals surface area contributed by atoms with Crippen LogP contribution in [-0.4, -0.2) is 27.8 Å². The predicted octanol–water partition coefficient (Wildman–Crippen LogP) is 6.22. The lowest BCUT2D eigenvalue weighted by molar-refractivity contribution is -0.159. The van der Waals surface area contributed by atoms with E-state index < -0.39 is 0 Å². The van der Waals surface area contributed by atoms with Crippen LogP contribution in [0.2, 0.25) is 0 Å². The maximum absolute atomic E-state index is 13.7. The van der Waals surface area contributed by atoms with Gasteiger partial charge in [-0.1, -0.05) is 13.8 Å². The number of nitrogens with zero attached hydrogens (tertiary/aromatic N) is 2. The van der Waals surface area contributed by atoms with Gasteiger partial charge in [0.2, 0.25) is 0 Å². The van der Waals surface area contributed by atoms with Crippen molar-refractivity contribution < 1.29 is 13.9 Å². The largest absolute Gasteiger partial charge is 0.469 e. The van der Waals surface area contributed by atoms with E-state index in [1.165, 1.54) is 35.9 Å². The summed E-state index contributed by atoms with van der Waals surface area (Å²) in [5.41, 5.74) is 6.10. The highest BCUT2D eigenvalue weighted by atomic mass is 19.1. The number of fused-ring (bicyclic) bond motifs is 2. The number of carbonyl (C=O) groups excluding carboxylic acids is 1. The highest BCUT2D eigenvalue weighted by Crippen LogP contribution is 2.65. The van der Waals surface area contributed by atoms with Gasteiger partial charge in [0.1, 0.15) is 5.82 Å². The van der Waals surface area contributed by atoms with Crippen molar-refractivity contribution in [2.75, 3.05) is 7.11 Å². The van der Waals surface area contributed by atoms with Gasteiger partial charge in [0.15, 0.2) is 0 Å². The van der Waals surface area contributed by atoms with Gasteiger partial charge in [-0.3, -0.25) is 9.89 Å². The molecule has 170 valence electrons. The van der Waals surface area contributed by atoms with E-state index in [1.807, 2.05) is 18.3 Å². The Kier molecular flexibility index (Phi) is 4.45. The normalized spacial score (nSPS) is 24.4. The van der Waals surface area contributed by atoms with Crippen molar-refractivity contribution in [2.45, 2.75) is 51.4 Å². The molecular weight excluding hydrogens is 417 g/mol. The van der Waals surface area contributed by atoms with Crippen molar-refractivity contribution in [3.8, 4) is 5.69 Å². The van der Waals surface area contributed by atoms with E-state index >= 15 is 0 Å². The molecule has 0 radical (unpaired) electrons. The fourth-order valence-electron chi connectivity index (χ4n) is 6.48. The van der Waals surface area contributed by atoms with Gasteiger partial charge in [-0.15, -0.1) is 0 Å². The Hall–Kier alpha value is -3.15. The number of ether oxygens (including phenoxy) is 1. The smallest absolute Gasteiger partial charge is 0.308 e. The molecule has 6 rings (SSSR count). The number of aromatic nitrogens is 3. The Morgan fingerprint density at radius 1 is 1.18 bits per heavy atom. The van der Waals surface area contributed by atoms with Crippen molar-refractivity contribution in [1.82, 2.24) is 14.8 Å². The molecule has 2 aliphatic carbocycles. The first-order chi connectivity index (χ1) is 15.9. The van der Waals surface area contributed by atoms with Gasteiger partial charge in [-0.05, 0) is 84.9 Å². The lowest BCUT2D eigenvalue weighted by atomic mass is 9.47. The lowest BCUT2D eigenvalue weighted by Gasteiger charge is -2.57. The summed E-state index contributed by atoms with van der Waals surface area (Å²) in [5.74, 6) is 0.511. The molecule has 0 bridgehead atoms. The first-order valence-electron chi connectivity index (χ1n) is 11.7. The van der Waals surface area contributed by atoms with Gasteiger partial charge in [0.05, 0.1) is 30.3 Å². The van der Waals surface area contributed by atoms with Crippen molar-refractivity contribution in [1.29, 1.82) is 0 Å². The van der Waals surface area contributed by atoms with Crippen molar-refractivity contribution in [2.24, 2.45) is 11.3 Å². The SMILES string of the molecule is COC(=O)C1CC2(C1)CC(c1c(C(C)C)n(-c3ccc(F)cc3)c3cc4cn[nH]c4cc13)C2. The quantitative estimate of drug-likeness (QED) is 0.380. The molecule has 2 aromatic carbocycles. The lowest BCUT2D eigenvalue weighted by Crippen LogP contribution is -2.49. The molecule has 0 saturated heterocycles. The van der Waals surface area contributed by atoms with E-state index in [0.29, 0.717) is 11.8 Å². The number of aromatic amines is 1. The van der Waals surface area contributed by atoms with Crippen LogP contribution in [0.1, 0.15) is 62.6 Å². The Morgan fingerprint density at radius 2 is 1.91 bits per heavy atom. The van der Waals surface area contributed by atoms with Crippen molar-refractivity contribution in [3.63, 3.8) is 0 Å². The van der Waals surface area contributed by atoms with Crippen LogP contribution in [0.15, 0.2) is 42.6 Å². The van der Waals surface area contributed by atoms with E-state index in [4.69, 9.17) is 4.74 Å². The number of hydrogen-bond donors (Lipinski definition) is 1. The minimum absolute atomic E-state index is 0.0608. The van der Waals surface area contributed by atoms with Gasteiger partial charge in [-0.2, -0.15) is 5.10 Å². The standard InChI is InChI=1S/C27H28FN3O2/c1-15(2)25-24(17-10-27(11-17)12-18(13-27)26(32)33-3)21-9-22-16(14-29-30-22)8-23(21)31(25)20-6-4-19(28)5-7-20/h4-9,14-15,17-18H,10-13H2,1-3H3,(H,29,30). The summed E-state index contributed by atoms with van der Waals surface area (Å²) in [4.78, 5) is 11.9. The second-order valence-corrected chi connectivity index (χ2v) is 10.3. The molecule has 2 saturated carbocycles. The van der Waals surface area contributed by atoms with Crippen molar-refractivity contribution >= 4 is 27.8 Å². The highest BCUT2D eigenvalue weighted by molar-refractivity contribution is 5.99. The fourth-order valence-corrected chi connectivity index (χ4v) is 6.48. The molecule has 1 spiro atoms. The van der Waals surface area contributed by atoms with Crippen LogP contribution in [0.3, 0.4) is 0 Å². The number of hydrogen-bond acceptors (Lipinski definition) is 3. The van der Waals surface area contributed by atoms with Gasteiger partial charge in [0.25, 0.3) is 0 Å². The second-order valence-electron chi connectivity index (χ2n) is 10.3. The van der Waals surface area contributed by atoms with Gasteiger partial charge in [0, 0.05) is 22.2 Å². The van der Waals surface area contributed by atoms with E-state index in [-0.39, 0.29) is 23.1 Å². The zero-order valence-electron chi connectivity index (χ0n) is 19.2. The molecule has 0 amide bonds. The Balaban J connectivity index is 1.48. The van der Waals surface area contributed by atoms with E-state index in [1.54, 1.807) is 0 Å². The van der Waals surface area contributed by atoms with Crippen LogP contribution in [0.25, 0.3) is 27.5 Å². The molecular formula is C27H28FN3O2. The minimum atomic E-state index is -0.232. The molecule has 1 N–H and O–H groups in total. The summed E-state index contributed by atoms with van der Waals surface area (Å²) in [6, 6.07) is 11.2. The molecule has 33 heavy (non-hydrogen) atoms. The molecule has 2 aromatic heterocycles. The second kappa shape index (κ2) is 7.17. The highest BCUT2D eigenvalue weighted by Gasteiger charge is 2.56. The third-order valence-electron chi connectivity index (χ3n) is 7.90. The number of benzene rings is 2. The van der Waals surface area contributed by atoms with Crippen LogP contribution in [0.4, 0.5) is 4.39 Å². The van der Waals surface area contributed by atoms with Gasteiger partial charge < -0.3 is 9.30 Å². The monoisotopic (exact) mass is 445 g/mol. The third-order valence-corrected chi connectivity index (χ3v) is 7.90. The van der Waals surface area contributed by atoms with Crippen LogP contribution < -0.4 is 0 Å². The average molecular weight is 446 g/mol. The first kappa shape index (κ1) is 20.5. The number of halogens is 1. The summed E-state index contributed by atoms with van der Waals surface area (Å²) in [6.07, 6.45) is 5.93. The van der Waals surface area contributed by atoms with Crippen LogP contribution in [0.5, 0.6) is 0 Å². The average Bonchev–Trinajstić information content (AvgIpc) is 3.32. The van der Waals surface area contributed by atoms with Crippen LogP contribution in [0, 0.1) is 17.2 Å². The van der Waals surface area contributed by atoms with Gasteiger partial charge in [-0.25, -0.2) is 4.39 Å². The number of nitrogens with one attached hydrogen (secondary N) is 1. The number of carbonyl (C=O) groups is 1. The molecule has 2 fully saturated rings. The Bertz CT molecular complexity index is 1370.